The lowest BCUT2D eigenvalue weighted by Crippen LogP contribution is -2.48. The molecule has 1 amide bonds. The van der Waals surface area contributed by atoms with Crippen LogP contribution in [0.4, 0.5) is 0 Å². The third-order valence-corrected chi connectivity index (χ3v) is 6.52. The predicted octanol–water partition coefficient (Wildman–Crippen LogP) is 1.14. The largest absolute Gasteiger partial charge is 0.571 e. The molecule has 0 N–H and O–H groups in total. The van der Waals surface area contributed by atoms with Gasteiger partial charge in [-0.3, -0.25) is 14.4 Å². The topological polar surface area (TPSA) is 103 Å². The lowest BCUT2D eigenvalue weighted by Gasteiger charge is -2.29. The molecule has 2 aliphatic rings. The molecule has 9 heteroatoms. The fourth-order valence-corrected chi connectivity index (χ4v) is 4.63. The summed E-state index contributed by atoms with van der Waals surface area (Å²) in [6, 6.07) is 10.9. The van der Waals surface area contributed by atoms with Crippen molar-refractivity contribution in [3.63, 3.8) is 0 Å². The average Bonchev–Trinajstić information content (AvgIpc) is 3.18. The highest BCUT2D eigenvalue weighted by Gasteiger charge is 2.39. The van der Waals surface area contributed by atoms with Crippen LogP contribution in [0, 0.1) is 12.1 Å². The molecule has 0 saturated carbocycles. The lowest BCUT2D eigenvalue weighted by molar-refractivity contribution is -0.749. The van der Waals surface area contributed by atoms with Crippen molar-refractivity contribution >= 4 is 17.5 Å². The molecule has 168 valence electrons. The number of rotatable bonds is 4. The monoisotopic (exact) mass is 446 g/mol. The Hall–Kier alpha value is -3.88. The van der Waals surface area contributed by atoms with Crippen LogP contribution in [0.15, 0.2) is 48.8 Å². The van der Waals surface area contributed by atoms with Crippen LogP contribution in [-0.4, -0.2) is 45.2 Å². The van der Waals surface area contributed by atoms with Gasteiger partial charge in [0, 0.05) is 59.2 Å². The lowest BCUT2D eigenvalue weighted by atomic mass is 9.90. The molecule has 0 unspecified atom stereocenters. The van der Waals surface area contributed by atoms with Crippen molar-refractivity contribution in [3.8, 4) is 0 Å². The van der Waals surface area contributed by atoms with E-state index in [1.807, 2.05) is 0 Å². The van der Waals surface area contributed by atoms with E-state index in [-0.39, 0.29) is 46.3 Å². The van der Waals surface area contributed by atoms with Gasteiger partial charge in [-0.2, -0.15) is 0 Å². The van der Waals surface area contributed by atoms with Gasteiger partial charge in [-0.05, 0) is 12.5 Å². The number of aromatic nitrogens is 4. The summed E-state index contributed by atoms with van der Waals surface area (Å²) in [6.45, 7) is 3.30. The Labute approximate surface area is 190 Å². The van der Waals surface area contributed by atoms with Crippen LogP contribution in [0.25, 0.3) is 0 Å². The van der Waals surface area contributed by atoms with Crippen molar-refractivity contribution in [3.05, 3.63) is 82.1 Å². The Bertz CT molecular complexity index is 1260. The van der Waals surface area contributed by atoms with E-state index < -0.39 is 11.6 Å². The minimum atomic E-state index is -0.453. The first-order valence-electron chi connectivity index (χ1n) is 11.1. The Morgan fingerprint density at radius 1 is 1.06 bits per heavy atom. The number of nitrogens with zero attached hydrogens (tertiary/aromatic N) is 5. The van der Waals surface area contributed by atoms with Gasteiger partial charge in [-0.15, -0.1) is 4.68 Å². The number of fused-ring (bicyclic) bond motifs is 2. The molecule has 2 aromatic heterocycles. The fraction of sp³-hybridized carbons (Fsp3) is 0.333. The fourth-order valence-electron chi connectivity index (χ4n) is 4.63. The van der Waals surface area contributed by atoms with Gasteiger partial charge in [-0.25, -0.2) is 4.57 Å². The Kier molecular flexibility index (Phi) is 5.24. The highest BCUT2D eigenvalue weighted by atomic mass is 16.5. The molecule has 0 atom stereocenters. The highest BCUT2D eigenvalue weighted by molar-refractivity contribution is 6.26. The maximum Gasteiger partial charge on any atom is 0.224 e. The Morgan fingerprint density at radius 2 is 1.70 bits per heavy atom. The summed E-state index contributed by atoms with van der Waals surface area (Å²) < 4.78 is 3.28. The van der Waals surface area contributed by atoms with Gasteiger partial charge in [0.1, 0.15) is 0 Å². The molecule has 0 spiro atoms. The number of likely N-dealkylation sites (tertiary alicyclic amines) is 1. The number of amides is 1. The van der Waals surface area contributed by atoms with E-state index >= 15 is 0 Å². The van der Waals surface area contributed by atoms with Crippen LogP contribution >= 0.6 is 0 Å². The van der Waals surface area contributed by atoms with Crippen LogP contribution in [0.5, 0.6) is 0 Å². The van der Waals surface area contributed by atoms with Crippen LogP contribution in [-0.2, 0) is 11.3 Å². The molecular formula is C24H24N5O4+. The van der Waals surface area contributed by atoms with Crippen LogP contribution in [0.3, 0.4) is 0 Å². The quantitative estimate of drug-likeness (QED) is 0.346. The summed E-state index contributed by atoms with van der Waals surface area (Å²) in [5.41, 5.74) is 1.50. The van der Waals surface area contributed by atoms with Crippen molar-refractivity contribution in [1.82, 2.24) is 14.7 Å². The van der Waals surface area contributed by atoms with E-state index in [0.29, 0.717) is 19.1 Å². The predicted molar refractivity (Wildman–Crippen MR) is 115 cm³/mol. The Morgan fingerprint density at radius 3 is 2.36 bits per heavy atom. The van der Waals surface area contributed by atoms with Crippen molar-refractivity contribution in [2.45, 2.75) is 38.8 Å². The van der Waals surface area contributed by atoms with Crippen LogP contribution < -0.4 is 9.53 Å². The minimum Gasteiger partial charge on any atom is -0.571 e. The van der Waals surface area contributed by atoms with Crippen molar-refractivity contribution in [2.24, 2.45) is 0 Å². The minimum absolute atomic E-state index is 0.0154. The number of piperidine rings is 1. The molecule has 1 saturated heterocycles. The summed E-state index contributed by atoms with van der Waals surface area (Å²) in [4.78, 5) is 40.6. The van der Waals surface area contributed by atoms with Gasteiger partial charge in [0.05, 0.1) is 13.0 Å². The molecule has 9 nitrogen and oxygen atoms in total. The molecule has 1 aromatic carbocycles. The number of pyridine rings is 1. The molecule has 1 fully saturated rings. The summed E-state index contributed by atoms with van der Waals surface area (Å²) in [5, 5.41) is 16.1. The number of carbonyl (C=O) groups is 3. The number of ketones is 2. The molecule has 0 radical (unpaired) electrons. The smallest absolute Gasteiger partial charge is 0.224 e. The number of hydrogen-bond acceptors (Lipinski definition) is 5. The maximum atomic E-state index is 13.0. The van der Waals surface area contributed by atoms with E-state index in [9.17, 15) is 19.6 Å². The van der Waals surface area contributed by atoms with Crippen LogP contribution in [0.2, 0.25) is 0 Å². The van der Waals surface area contributed by atoms with Gasteiger partial charge < -0.3 is 10.1 Å². The second-order valence-electron chi connectivity index (χ2n) is 8.56. The van der Waals surface area contributed by atoms with Crippen molar-refractivity contribution < 1.29 is 23.9 Å². The summed E-state index contributed by atoms with van der Waals surface area (Å²) in [6.07, 6.45) is 5.90. The number of carbonyl (C=O) groups excluding carboxylic acids is 3. The third kappa shape index (κ3) is 3.69. The number of aryl methyl sites for hydroxylation is 1. The van der Waals surface area contributed by atoms with E-state index in [1.165, 1.54) is 5.56 Å². The summed E-state index contributed by atoms with van der Waals surface area (Å²) in [7, 11) is 0. The zero-order valence-corrected chi connectivity index (χ0v) is 18.3. The molecular weight excluding hydrogens is 422 g/mol. The zero-order valence-electron chi connectivity index (χ0n) is 18.3. The van der Waals surface area contributed by atoms with Crippen molar-refractivity contribution in [1.29, 1.82) is 0 Å². The van der Waals surface area contributed by atoms with E-state index in [4.69, 9.17) is 0 Å². The number of hydrogen-bond donors (Lipinski definition) is 0. The van der Waals surface area contributed by atoms with Crippen LogP contribution in [0.1, 0.15) is 63.0 Å². The van der Waals surface area contributed by atoms with E-state index in [1.54, 1.807) is 29.2 Å². The van der Waals surface area contributed by atoms with Crippen molar-refractivity contribution in [2.75, 3.05) is 13.1 Å². The average molecular weight is 446 g/mol. The molecule has 3 heterocycles. The molecule has 3 aromatic rings. The molecule has 33 heavy (non-hydrogen) atoms. The van der Waals surface area contributed by atoms with E-state index in [2.05, 4.69) is 41.1 Å². The van der Waals surface area contributed by atoms with Gasteiger partial charge in [0.15, 0.2) is 24.1 Å². The second kappa shape index (κ2) is 8.23. The summed E-state index contributed by atoms with van der Waals surface area (Å²) >= 11 is 0. The van der Waals surface area contributed by atoms with Gasteiger partial charge in [0.2, 0.25) is 23.2 Å². The Balaban J connectivity index is 1.26. The second-order valence-corrected chi connectivity index (χ2v) is 8.56. The summed E-state index contributed by atoms with van der Waals surface area (Å²) in [5.74, 6) is -0.962. The molecule has 5 rings (SSSR count). The normalized spacial score (nSPS) is 16.0. The van der Waals surface area contributed by atoms with Gasteiger partial charge in [-0.1, -0.05) is 24.3 Å². The van der Waals surface area contributed by atoms with E-state index in [0.717, 1.165) is 17.5 Å². The van der Waals surface area contributed by atoms with Gasteiger partial charge >= 0.3 is 0 Å². The first kappa shape index (κ1) is 21.0. The zero-order chi connectivity index (χ0) is 23.1. The molecule has 1 aliphatic carbocycles. The molecule has 0 bridgehead atoms. The SMILES string of the molecule is Cc1cc[n+](C2CCN(C(=O)CCn3c4c(n[n+]3[O-])C(=O)c3ccccc3C4=O)CC2)cc1. The first-order valence-corrected chi connectivity index (χ1v) is 11.1. The van der Waals surface area contributed by atoms with Gasteiger partial charge in [0.25, 0.3) is 0 Å². The first-order chi connectivity index (χ1) is 15.9. The standard InChI is InChI=1S/C24H24N5O4/c1-16-6-11-26(12-7-16)17-8-13-27(14-9-17)20(30)10-15-28-22-21(25-29(28)33)23(31)18-4-2-3-5-19(18)24(22)32/h2-7,11-12,17H,8-10,13-15H2,1H3/q+1. The number of benzene rings is 1. The third-order valence-electron chi connectivity index (χ3n) is 6.52. The highest BCUT2D eigenvalue weighted by Crippen LogP contribution is 2.25. The molecule has 1 aliphatic heterocycles. The maximum absolute atomic E-state index is 13.0.